The van der Waals surface area contributed by atoms with Crippen molar-refractivity contribution in [3.05, 3.63) is 81.1 Å². The lowest BCUT2D eigenvalue weighted by Gasteiger charge is -2.09. The summed E-state index contributed by atoms with van der Waals surface area (Å²) in [5.41, 5.74) is 0.900. The molecule has 7 nitrogen and oxygen atoms in total. The van der Waals surface area contributed by atoms with Crippen molar-refractivity contribution in [3.8, 4) is 0 Å². The third-order valence-corrected chi connectivity index (χ3v) is 4.25. The molecule has 0 bridgehead atoms. The van der Waals surface area contributed by atoms with E-state index >= 15 is 0 Å². The molecule has 134 valence electrons. The predicted molar refractivity (Wildman–Crippen MR) is 102 cm³/mol. The molecule has 4 rings (SSSR count). The van der Waals surface area contributed by atoms with E-state index in [0.717, 1.165) is 10.1 Å². The average Bonchev–Trinajstić information content (AvgIpc) is 2.66. The molecule has 7 heteroatoms. The molecule has 2 aromatic carbocycles. The van der Waals surface area contributed by atoms with Gasteiger partial charge in [-0.3, -0.25) is 9.59 Å². The summed E-state index contributed by atoms with van der Waals surface area (Å²) in [4.78, 5) is 36.2. The van der Waals surface area contributed by atoms with E-state index in [4.69, 9.17) is 4.42 Å². The van der Waals surface area contributed by atoms with E-state index in [9.17, 15) is 14.4 Å². The van der Waals surface area contributed by atoms with Crippen LogP contribution in [0.25, 0.3) is 21.7 Å². The molecule has 0 aliphatic carbocycles. The number of hydrogen-bond acceptors (Lipinski definition) is 5. The monoisotopic (exact) mass is 361 g/mol. The number of carbonyl (C=O) groups is 1. The molecule has 0 saturated carbocycles. The van der Waals surface area contributed by atoms with Crippen molar-refractivity contribution in [1.82, 2.24) is 9.78 Å². The van der Waals surface area contributed by atoms with Gasteiger partial charge in [-0.2, -0.15) is 5.10 Å². The molecule has 4 aromatic rings. The number of nitrogens with one attached hydrogen (secondary N) is 1. The molecule has 27 heavy (non-hydrogen) atoms. The Morgan fingerprint density at radius 3 is 2.67 bits per heavy atom. The normalized spacial score (nSPS) is 11.0. The second kappa shape index (κ2) is 6.53. The molecule has 0 saturated heterocycles. The zero-order valence-electron chi connectivity index (χ0n) is 14.4. The number of benzene rings is 2. The summed E-state index contributed by atoms with van der Waals surface area (Å²) in [6.45, 7) is 1.60. The van der Waals surface area contributed by atoms with Crippen molar-refractivity contribution in [2.45, 2.75) is 13.5 Å². The molecule has 0 aliphatic heterocycles. The summed E-state index contributed by atoms with van der Waals surface area (Å²) >= 11 is 0. The van der Waals surface area contributed by atoms with Crippen LogP contribution < -0.4 is 16.5 Å². The van der Waals surface area contributed by atoms with Crippen LogP contribution in [0.5, 0.6) is 0 Å². The first-order chi connectivity index (χ1) is 13.0. The maximum Gasteiger partial charge on any atom is 0.336 e. The number of fused-ring (bicyclic) bond motifs is 2. The second-order valence-electron chi connectivity index (χ2n) is 6.15. The minimum Gasteiger partial charge on any atom is -0.423 e. The Balaban J connectivity index is 1.60. The van der Waals surface area contributed by atoms with Gasteiger partial charge >= 0.3 is 5.63 Å². The highest BCUT2D eigenvalue weighted by Crippen LogP contribution is 2.17. The molecule has 0 atom stereocenters. The van der Waals surface area contributed by atoms with Gasteiger partial charge in [0, 0.05) is 22.5 Å². The summed E-state index contributed by atoms with van der Waals surface area (Å²) in [7, 11) is 0. The van der Waals surface area contributed by atoms with Gasteiger partial charge < -0.3 is 9.73 Å². The van der Waals surface area contributed by atoms with Crippen molar-refractivity contribution >= 4 is 33.3 Å². The Morgan fingerprint density at radius 1 is 1.07 bits per heavy atom. The molecule has 0 fully saturated rings. The standard InChI is InChI=1S/C20H15N3O4/c1-12-15-4-2-3-5-16(15)20(26)23(22-12)11-18(24)21-14-7-8-17-13(10-14)6-9-19(25)27-17/h2-10H,11H2,1H3,(H,21,24). The fraction of sp³-hybridized carbons (Fsp3) is 0.100. The van der Waals surface area contributed by atoms with Gasteiger partial charge in [-0.15, -0.1) is 0 Å². The van der Waals surface area contributed by atoms with Crippen LogP contribution in [0.1, 0.15) is 5.69 Å². The molecular weight excluding hydrogens is 346 g/mol. The summed E-state index contributed by atoms with van der Waals surface area (Å²) in [6, 6.07) is 15.0. The summed E-state index contributed by atoms with van der Waals surface area (Å²) < 4.78 is 6.22. The Kier molecular flexibility index (Phi) is 4.04. The largest absolute Gasteiger partial charge is 0.423 e. The summed E-state index contributed by atoms with van der Waals surface area (Å²) in [5, 5.41) is 8.95. The molecule has 1 N–H and O–H groups in total. The van der Waals surface area contributed by atoms with Crippen LogP contribution in [0.2, 0.25) is 0 Å². The Bertz CT molecular complexity index is 1300. The van der Waals surface area contributed by atoms with Crippen molar-refractivity contribution in [1.29, 1.82) is 0 Å². The highest BCUT2D eigenvalue weighted by molar-refractivity contribution is 5.93. The lowest BCUT2D eigenvalue weighted by molar-refractivity contribution is -0.117. The topological polar surface area (TPSA) is 94.2 Å². The smallest absolute Gasteiger partial charge is 0.336 e. The third kappa shape index (κ3) is 3.22. The van der Waals surface area contributed by atoms with Crippen molar-refractivity contribution in [2.75, 3.05) is 5.32 Å². The van der Waals surface area contributed by atoms with Crippen LogP contribution >= 0.6 is 0 Å². The molecule has 0 radical (unpaired) electrons. The van der Waals surface area contributed by atoms with E-state index in [2.05, 4.69) is 10.4 Å². The first-order valence-corrected chi connectivity index (χ1v) is 8.31. The number of anilines is 1. The molecular formula is C20H15N3O4. The van der Waals surface area contributed by atoms with Gasteiger partial charge in [-0.25, -0.2) is 9.48 Å². The highest BCUT2D eigenvalue weighted by atomic mass is 16.4. The lowest BCUT2D eigenvalue weighted by Crippen LogP contribution is -2.30. The van der Waals surface area contributed by atoms with Crippen molar-refractivity contribution < 1.29 is 9.21 Å². The Hall–Kier alpha value is -3.74. The lowest BCUT2D eigenvalue weighted by atomic mass is 10.1. The zero-order valence-corrected chi connectivity index (χ0v) is 14.4. The minimum absolute atomic E-state index is 0.202. The number of aryl methyl sites for hydroxylation is 1. The van der Waals surface area contributed by atoms with Gasteiger partial charge in [0.1, 0.15) is 12.1 Å². The molecule has 0 aliphatic rings. The van der Waals surface area contributed by atoms with Gasteiger partial charge in [-0.1, -0.05) is 18.2 Å². The number of nitrogens with zero attached hydrogens (tertiary/aromatic N) is 2. The van der Waals surface area contributed by atoms with Crippen LogP contribution in [-0.4, -0.2) is 15.7 Å². The number of hydrogen-bond donors (Lipinski definition) is 1. The predicted octanol–water partition coefficient (Wildman–Crippen LogP) is 2.45. The van der Waals surface area contributed by atoms with Crippen LogP contribution in [0, 0.1) is 6.92 Å². The first-order valence-electron chi connectivity index (χ1n) is 8.31. The van der Waals surface area contributed by atoms with Crippen molar-refractivity contribution in [2.24, 2.45) is 0 Å². The van der Waals surface area contributed by atoms with E-state index in [1.54, 1.807) is 43.3 Å². The number of rotatable bonds is 3. The summed E-state index contributed by atoms with van der Waals surface area (Å²) in [6.07, 6.45) is 0. The van der Waals surface area contributed by atoms with E-state index in [1.807, 2.05) is 12.1 Å². The van der Waals surface area contributed by atoms with Gasteiger partial charge in [0.15, 0.2) is 0 Å². The third-order valence-electron chi connectivity index (χ3n) is 4.25. The zero-order chi connectivity index (χ0) is 19.0. The van der Waals surface area contributed by atoms with Crippen LogP contribution in [0.4, 0.5) is 5.69 Å². The van der Waals surface area contributed by atoms with Gasteiger partial charge in [0.2, 0.25) is 5.91 Å². The van der Waals surface area contributed by atoms with Crippen molar-refractivity contribution in [3.63, 3.8) is 0 Å². The molecule has 2 aromatic heterocycles. The second-order valence-corrected chi connectivity index (χ2v) is 6.15. The quantitative estimate of drug-likeness (QED) is 0.566. The maximum atomic E-state index is 12.6. The SMILES string of the molecule is Cc1nn(CC(=O)Nc2ccc3oc(=O)ccc3c2)c(=O)c2ccccc12. The summed E-state index contributed by atoms with van der Waals surface area (Å²) in [5.74, 6) is -0.379. The minimum atomic E-state index is -0.434. The number of amides is 1. The van der Waals surface area contributed by atoms with Crippen LogP contribution in [-0.2, 0) is 11.3 Å². The molecule has 0 unspecified atom stereocenters. The number of carbonyl (C=O) groups excluding carboxylic acids is 1. The number of aromatic nitrogens is 2. The van der Waals surface area contributed by atoms with Gasteiger partial charge in [-0.05, 0) is 37.3 Å². The molecule has 1 amide bonds. The Morgan fingerprint density at radius 2 is 1.85 bits per heavy atom. The highest BCUT2D eigenvalue weighted by Gasteiger charge is 2.11. The van der Waals surface area contributed by atoms with E-state index in [-0.39, 0.29) is 18.0 Å². The Labute approximate surface area is 152 Å². The average molecular weight is 361 g/mol. The van der Waals surface area contributed by atoms with E-state index in [0.29, 0.717) is 27.7 Å². The molecule has 2 heterocycles. The molecule has 0 spiro atoms. The van der Waals surface area contributed by atoms with E-state index in [1.165, 1.54) is 6.07 Å². The fourth-order valence-electron chi connectivity index (χ4n) is 3.00. The van der Waals surface area contributed by atoms with E-state index < -0.39 is 5.63 Å². The fourth-order valence-corrected chi connectivity index (χ4v) is 3.00. The van der Waals surface area contributed by atoms with Crippen LogP contribution in [0.15, 0.2) is 68.6 Å². The first kappa shape index (κ1) is 16.7. The van der Waals surface area contributed by atoms with Gasteiger partial charge in [0.25, 0.3) is 5.56 Å². The maximum absolute atomic E-state index is 12.6. The van der Waals surface area contributed by atoms with Crippen LogP contribution in [0.3, 0.4) is 0 Å². The van der Waals surface area contributed by atoms with Gasteiger partial charge in [0.05, 0.1) is 11.1 Å².